The van der Waals surface area contributed by atoms with Crippen LogP contribution in [0.1, 0.15) is 10.4 Å². The van der Waals surface area contributed by atoms with Crippen molar-refractivity contribution in [3.05, 3.63) is 53.6 Å². The zero-order valence-corrected chi connectivity index (χ0v) is 10.1. The molecule has 98 valence electrons. The molecule has 0 aliphatic rings. The Kier molecular flexibility index (Phi) is 3.46. The number of carbonyl (C=O) groups is 1. The van der Waals surface area contributed by atoms with Crippen molar-refractivity contribution in [1.82, 2.24) is 0 Å². The van der Waals surface area contributed by atoms with Crippen molar-refractivity contribution in [2.45, 2.75) is 0 Å². The Hall–Kier alpha value is -2.43. The summed E-state index contributed by atoms with van der Waals surface area (Å²) in [4.78, 5) is 11.1. The molecule has 2 aromatic rings. The van der Waals surface area contributed by atoms with Gasteiger partial charge in [0.2, 0.25) is 0 Å². The third kappa shape index (κ3) is 2.54. The highest BCUT2D eigenvalue weighted by molar-refractivity contribution is 5.96. The summed E-state index contributed by atoms with van der Waals surface area (Å²) in [5.74, 6) is -2.52. The quantitative estimate of drug-likeness (QED) is 0.892. The number of carboxylic acid groups (broad SMARTS) is 1. The molecule has 0 unspecified atom stereocenters. The average Bonchev–Trinajstić information content (AvgIpc) is 2.38. The average molecular weight is 263 g/mol. The van der Waals surface area contributed by atoms with E-state index in [-0.39, 0.29) is 11.1 Å². The van der Waals surface area contributed by atoms with Crippen LogP contribution in [0.3, 0.4) is 0 Å². The third-order valence-electron chi connectivity index (χ3n) is 2.76. The van der Waals surface area contributed by atoms with Crippen LogP contribution < -0.4 is 5.32 Å². The van der Waals surface area contributed by atoms with Crippen LogP contribution in [0.15, 0.2) is 36.4 Å². The van der Waals surface area contributed by atoms with E-state index in [1.807, 2.05) is 0 Å². The first-order valence-electron chi connectivity index (χ1n) is 5.53. The summed E-state index contributed by atoms with van der Waals surface area (Å²) >= 11 is 0. The highest BCUT2D eigenvalue weighted by Gasteiger charge is 2.13. The molecule has 0 amide bonds. The van der Waals surface area contributed by atoms with Gasteiger partial charge in [0.25, 0.3) is 0 Å². The fourth-order valence-electron chi connectivity index (χ4n) is 1.83. The van der Waals surface area contributed by atoms with Crippen molar-refractivity contribution in [1.29, 1.82) is 0 Å². The van der Waals surface area contributed by atoms with Crippen molar-refractivity contribution < 1.29 is 18.7 Å². The van der Waals surface area contributed by atoms with Crippen molar-refractivity contribution in [3.63, 3.8) is 0 Å². The van der Waals surface area contributed by atoms with Gasteiger partial charge in [0, 0.05) is 24.4 Å². The molecule has 2 N–H and O–H groups in total. The zero-order valence-electron chi connectivity index (χ0n) is 10.1. The van der Waals surface area contributed by atoms with E-state index in [4.69, 9.17) is 5.11 Å². The van der Waals surface area contributed by atoms with Gasteiger partial charge in [0.1, 0.15) is 11.6 Å². The van der Waals surface area contributed by atoms with E-state index >= 15 is 0 Å². The van der Waals surface area contributed by atoms with Gasteiger partial charge in [-0.1, -0.05) is 6.07 Å². The highest BCUT2D eigenvalue weighted by atomic mass is 19.1. The fourth-order valence-corrected chi connectivity index (χ4v) is 1.83. The largest absolute Gasteiger partial charge is 0.478 e. The molecular formula is C14H11F2NO2. The molecule has 0 aliphatic carbocycles. The van der Waals surface area contributed by atoms with Gasteiger partial charge in [0.15, 0.2) is 0 Å². The summed E-state index contributed by atoms with van der Waals surface area (Å²) in [7, 11) is 1.60. The van der Waals surface area contributed by atoms with Gasteiger partial charge in [-0.2, -0.15) is 0 Å². The Labute approximate surface area is 108 Å². The zero-order chi connectivity index (χ0) is 14.0. The van der Waals surface area contributed by atoms with Crippen LogP contribution in [-0.4, -0.2) is 18.1 Å². The minimum atomic E-state index is -1.12. The van der Waals surface area contributed by atoms with Gasteiger partial charge in [-0.15, -0.1) is 0 Å². The van der Waals surface area contributed by atoms with Crippen molar-refractivity contribution in [2.24, 2.45) is 0 Å². The molecular weight excluding hydrogens is 252 g/mol. The lowest BCUT2D eigenvalue weighted by atomic mass is 10.0. The van der Waals surface area contributed by atoms with Crippen LogP contribution in [0.2, 0.25) is 0 Å². The second-order valence-electron chi connectivity index (χ2n) is 3.94. The van der Waals surface area contributed by atoms with Crippen LogP contribution in [-0.2, 0) is 0 Å². The maximum absolute atomic E-state index is 13.6. The van der Waals surface area contributed by atoms with Crippen LogP contribution in [0.5, 0.6) is 0 Å². The van der Waals surface area contributed by atoms with Gasteiger partial charge in [-0.3, -0.25) is 0 Å². The molecule has 0 aromatic heterocycles. The molecule has 0 bridgehead atoms. The predicted octanol–water partition coefficient (Wildman–Crippen LogP) is 3.37. The number of anilines is 1. The van der Waals surface area contributed by atoms with E-state index < -0.39 is 17.6 Å². The Morgan fingerprint density at radius 3 is 2.47 bits per heavy atom. The van der Waals surface area contributed by atoms with Crippen LogP contribution in [0.4, 0.5) is 14.5 Å². The molecule has 2 rings (SSSR count). The van der Waals surface area contributed by atoms with Crippen LogP contribution in [0, 0.1) is 11.6 Å². The van der Waals surface area contributed by atoms with Gasteiger partial charge in [0.05, 0.1) is 5.56 Å². The monoisotopic (exact) mass is 263 g/mol. The van der Waals surface area contributed by atoms with E-state index in [2.05, 4.69) is 5.32 Å². The Morgan fingerprint density at radius 1 is 1.16 bits per heavy atom. The molecule has 0 saturated heterocycles. The molecule has 3 nitrogen and oxygen atoms in total. The number of hydrogen-bond acceptors (Lipinski definition) is 2. The SMILES string of the molecule is CNc1ccc(-c2ccc(F)cc2F)cc1C(=O)O. The van der Waals surface area contributed by atoms with Crippen molar-refractivity contribution in [3.8, 4) is 11.1 Å². The molecule has 5 heteroatoms. The first kappa shape index (κ1) is 13.0. The Morgan fingerprint density at radius 2 is 1.89 bits per heavy atom. The number of aromatic carboxylic acids is 1. The molecule has 0 saturated carbocycles. The second-order valence-corrected chi connectivity index (χ2v) is 3.94. The lowest BCUT2D eigenvalue weighted by Gasteiger charge is -2.09. The number of rotatable bonds is 3. The molecule has 0 fully saturated rings. The summed E-state index contributed by atoms with van der Waals surface area (Å²) in [5, 5.41) is 11.8. The molecule has 0 radical (unpaired) electrons. The minimum absolute atomic E-state index is 0.0312. The third-order valence-corrected chi connectivity index (χ3v) is 2.76. The molecule has 19 heavy (non-hydrogen) atoms. The van der Waals surface area contributed by atoms with E-state index in [0.29, 0.717) is 11.3 Å². The first-order chi connectivity index (χ1) is 9.02. The fraction of sp³-hybridized carbons (Fsp3) is 0.0714. The predicted molar refractivity (Wildman–Crippen MR) is 68.3 cm³/mol. The Bertz CT molecular complexity index is 641. The highest BCUT2D eigenvalue weighted by Crippen LogP contribution is 2.27. The maximum atomic E-state index is 13.6. The summed E-state index contributed by atoms with van der Waals surface area (Å²) in [6.45, 7) is 0. The normalized spacial score (nSPS) is 10.3. The van der Waals surface area contributed by atoms with Crippen molar-refractivity contribution >= 4 is 11.7 Å². The van der Waals surface area contributed by atoms with E-state index in [1.165, 1.54) is 12.1 Å². The van der Waals surface area contributed by atoms with E-state index in [9.17, 15) is 13.6 Å². The van der Waals surface area contributed by atoms with Crippen LogP contribution >= 0.6 is 0 Å². The standard InChI is InChI=1S/C14H11F2NO2/c1-17-13-5-2-8(6-11(13)14(18)19)10-4-3-9(15)7-12(10)16/h2-7,17H,1H3,(H,18,19). The van der Waals surface area contributed by atoms with Crippen molar-refractivity contribution in [2.75, 3.05) is 12.4 Å². The lowest BCUT2D eigenvalue weighted by Crippen LogP contribution is -2.03. The number of hydrogen-bond donors (Lipinski definition) is 2. The minimum Gasteiger partial charge on any atom is -0.478 e. The topological polar surface area (TPSA) is 49.3 Å². The summed E-state index contributed by atoms with van der Waals surface area (Å²) < 4.78 is 26.5. The van der Waals surface area contributed by atoms with Gasteiger partial charge < -0.3 is 10.4 Å². The van der Waals surface area contributed by atoms with Gasteiger partial charge in [-0.05, 0) is 29.8 Å². The number of nitrogens with one attached hydrogen (secondary N) is 1. The number of halogens is 2. The number of benzene rings is 2. The molecule has 0 spiro atoms. The molecule has 0 aliphatic heterocycles. The smallest absolute Gasteiger partial charge is 0.337 e. The van der Waals surface area contributed by atoms with E-state index in [0.717, 1.165) is 12.1 Å². The lowest BCUT2D eigenvalue weighted by molar-refractivity contribution is 0.0698. The van der Waals surface area contributed by atoms with Crippen LogP contribution in [0.25, 0.3) is 11.1 Å². The summed E-state index contributed by atoms with van der Waals surface area (Å²) in [6, 6.07) is 7.65. The van der Waals surface area contributed by atoms with Gasteiger partial charge >= 0.3 is 5.97 Å². The molecule has 2 aromatic carbocycles. The van der Waals surface area contributed by atoms with Gasteiger partial charge in [-0.25, -0.2) is 13.6 Å². The number of carboxylic acids is 1. The van der Waals surface area contributed by atoms with E-state index in [1.54, 1.807) is 19.2 Å². The Balaban J connectivity index is 2.57. The molecule has 0 heterocycles. The maximum Gasteiger partial charge on any atom is 0.337 e. The summed E-state index contributed by atoms with van der Waals surface area (Å²) in [6.07, 6.45) is 0. The first-order valence-corrected chi connectivity index (χ1v) is 5.53. The summed E-state index contributed by atoms with van der Waals surface area (Å²) in [5.41, 5.74) is 1.00. The molecule has 0 atom stereocenters. The second kappa shape index (κ2) is 5.06.